The molecule has 0 aliphatic heterocycles. The third-order valence-electron chi connectivity index (χ3n) is 6.91. The van der Waals surface area contributed by atoms with Gasteiger partial charge in [0.2, 0.25) is 0 Å². The van der Waals surface area contributed by atoms with Gasteiger partial charge in [0.25, 0.3) is 0 Å². The molecule has 0 saturated carbocycles. The molecule has 2 heterocycles. The monoisotopic (exact) mass is 528 g/mol. The van der Waals surface area contributed by atoms with Crippen LogP contribution in [0.5, 0.6) is 0 Å². The number of benzene rings is 2. The summed E-state index contributed by atoms with van der Waals surface area (Å²) >= 11 is 0. The maximum absolute atomic E-state index is 12.5. The Morgan fingerprint density at radius 3 is 2.54 bits per heavy atom. The van der Waals surface area contributed by atoms with Crippen molar-refractivity contribution in [3.05, 3.63) is 82.0 Å². The number of anilines is 1. The summed E-state index contributed by atoms with van der Waals surface area (Å²) in [5.41, 5.74) is 6.85. The van der Waals surface area contributed by atoms with Crippen LogP contribution in [0.3, 0.4) is 0 Å². The second-order valence-corrected chi connectivity index (χ2v) is 9.96. The second-order valence-electron chi connectivity index (χ2n) is 9.96. The quantitative estimate of drug-likeness (QED) is 0.284. The average molecular weight is 529 g/mol. The number of nitrogens with zero attached hydrogens (tertiary/aromatic N) is 5. The standard InChI is InChI=1S/C25H26N6.C7H15F/c1-6-26-25(24-17(3)14-27-18(4)29-24)30-21-9-8-20(16(2)11-21)12-19-7-10-23-22(13-19)28-15-31(23)5;1-4-6(3)7(8)5-2/h6-11,13-15,30H,3,12H2,1-2,4-5H3;6-7H,4-5H2,1-3H3/b25-24-,26-6-;. The third-order valence-corrected chi connectivity index (χ3v) is 6.91. The number of fused-ring (bicyclic) bond motifs is 1. The van der Waals surface area contributed by atoms with Gasteiger partial charge in [-0.1, -0.05) is 45.9 Å². The maximum atomic E-state index is 12.5. The normalized spacial score (nSPS) is 13.6. The van der Waals surface area contributed by atoms with Gasteiger partial charge in [-0.3, -0.25) is 0 Å². The highest BCUT2D eigenvalue weighted by atomic mass is 19.1. The van der Waals surface area contributed by atoms with Crippen LogP contribution < -0.4 is 15.9 Å². The minimum Gasteiger partial charge on any atom is -0.338 e. The number of rotatable bonds is 8. The summed E-state index contributed by atoms with van der Waals surface area (Å²) < 4.78 is 14.6. The van der Waals surface area contributed by atoms with E-state index in [4.69, 9.17) is 0 Å². The van der Waals surface area contributed by atoms with Crippen molar-refractivity contribution in [2.75, 3.05) is 5.32 Å². The van der Waals surface area contributed by atoms with E-state index in [1.807, 2.05) is 52.6 Å². The molecule has 2 unspecified atom stereocenters. The number of aryl methyl sites for hydroxylation is 3. The van der Waals surface area contributed by atoms with E-state index < -0.39 is 6.17 Å². The minimum atomic E-state index is -0.583. The molecule has 2 atom stereocenters. The number of halogens is 1. The van der Waals surface area contributed by atoms with E-state index in [2.05, 4.69) is 75.2 Å². The van der Waals surface area contributed by atoms with Crippen LogP contribution in [0.2, 0.25) is 0 Å². The van der Waals surface area contributed by atoms with Crippen LogP contribution in [0.4, 0.5) is 10.1 Å². The average Bonchev–Trinajstić information content (AvgIpc) is 3.30. The van der Waals surface area contributed by atoms with Gasteiger partial charge in [-0.15, -0.1) is 0 Å². The first-order valence-electron chi connectivity index (χ1n) is 13.6. The molecule has 0 radical (unpaired) electrons. The zero-order valence-corrected chi connectivity index (χ0v) is 24.3. The van der Waals surface area contributed by atoms with Crippen LogP contribution in [-0.2, 0) is 13.5 Å². The Morgan fingerprint density at radius 1 is 1.13 bits per heavy atom. The summed E-state index contributed by atoms with van der Waals surface area (Å²) in [4.78, 5) is 17.7. The van der Waals surface area contributed by atoms with Gasteiger partial charge in [0.1, 0.15) is 17.3 Å². The highest BCUT2D eigenvalue weighted by molar-refractivity contribution is 5.76. The Labute approximate surface area is 231 Å². The van der Waals surface area contributed by atoms with Crippen LogP contribution in [-0.4, -0.2) is 31.9 Å². The number of hydrogen-bond acceptors (Lipinski definition) is 5. The predicted molar refractivity (Wildman–Crippen MR) is 162 cm³/mol. The number of alkyl halides is 1. The minimum absolute atomic E-state index is 0.250. The van der Waals surface area contributed by atoms with Crippen molar-refractivity contribution in [2.45, 2.75) is 67.0 Å². The Kier molecular flexibility index (Phi) is 10.5. The van der Waals surface area contributed by atoms with E-state index in [-0.39, 0.29) is 5.92 Å². The molecule has 6 nitrogen and oxygen atoms in total. The fourth-order valence-corrected chi connectivity index (χ4v) is 4.26. The van der Waals surface area contributed by atoms with Crippen molar-refractivity contribution in [2.24, 2.45) is 18.0 Å². The van der Waals surface area contributed by atoms with Crippen molar-refractivity contribution in [1.29, 1.82) is 0 Å². The largest absolute Gasteiger partial charge is 0.338 e. The zero-order valence-electron chi connectivity index (χ0n) is 24.3. The maximum Gasteiger partial charge on any atom is 0.156 e. The summed E-state index contributed by atoms with van der Waals surface area (Å²) in [5.74, 6) is 1.59. The van der Waals surface area contributed by atoms with Crippen LogP contribution in [0, 0.1) is 19.8 Å². The van der Waals surface area contributed by atoms with E-state index in [1.165, 1.54) is 16.7 Å². The number of aromatic nitrogens is 4. The fraction of sp³-hybridized carbons (Fsp3) is 0.375. The van der Waals surface area contributed by atoms with Gasteiger partial charge in [-0.25, -0.2) is 24.3 Å². The molecule has 0 fully saturated rings. The Hall–Kier alpha value is -3.87. The number of imidazole rings is 1. The SMILES string of the molecule is C=c1cnc(C)n/c1=C(/N=C\C)Nc1ccc(Cc2ccc3c(c2)ncn3C)c(C)c1.CCC(C)C(F)CC. The van der Waals surface area contributed by atoms with Crippen LogP contribution in [0.15, 0.2) is 53.9 Å². The van der Waals surface area contributed by atoms with Crippen LogP contribution in [0.25, 0.3) is 23.4 Å². The summed E-state index contributed by atoms with van der Waals surface area (Å²) in [6.07, 6.45) is 7.20. The smallest absolute Gasteiger partial charge is 0.156 e. The van der Waals surface area contributed by atoms with Gasteiger partial charge in [-0.05, 0) is 80.5 Å². The molecule has 4 aromatic rings. The highest BCUT2D eigenvalue weighted by Crippen LogP contribution is 2.22. The van der Waals surface area contributed by atoms with Gasteiger partial charge in [0, 0.05) is 30.4 Å². The van der Waals surface area contributed by atoms with E-state index >= 15 is 0 Å². The molecule has 2 aromatic carbocycles. The van der Waals surface area contributed by atoms with Crippen LogP contribution >= 0.6 is 0 Å². The van der Waals surface area contributed by atoms with Gasteiger partial charge >= 0.3 is 0 Å². The Morgan fingerprint density at radius 2 is 1.90 bits per heavy atom. The van der Waals surface area contributed by atoms with Gasteiger partial charge in [0.05, 0.1) is 17.4 Å². The molecule has 7 heteroatoms. The van der Waals surface area contributed by atoms with E-state index in [0.717, 1.165) is 34.8 Å². The van der Waals surface area contributed by atoms with Crippen LogP contribution in [0.1, 0.15) is 63.1 Å². The molecule has 0 spiro atoms. The number of aliphatic imine (C=N–C) groups is 1. The van der Waals surface area contributed by atoms with Crippen molar-refractivity contribution >= 4 is 35.3 Å². The molecular formula is C32H41FN6. The van der Waals surface area contributed by atoms with E-state index in [0.29, 0.717) is 23.4 Å². The summed E-state index contributed by atoms with van der Waals surface area (Å²) in [7, 11) is 2.01. The second kappa shape index (κ2) is 13.8. The summed E-state index contributed by atoms with van der Waals surface area (Å²) in [6.45, 7) is 15.8. The first-order chi connectivity index (χ1) is 18.7. The van der Waals surface area contributed by atoms with Crippen molar-refractivity contribution in [3.8, 4) is 0 Å². The van der Waals surface area contributed by atoms with Gasteiger partial charge in [-0.2, -0.15) is 0 Å². The first-order valence-corrected chi connectivity index (χ1v) is 13.6. The number of nitrogens with one attached hydrogen (secondary N) is 1. The van der Waals surface area contributed by atoms with Crippen molar-refractivity contribution < 1.29 is 4.39 Å². The van der Waals surface area contributed by atoms with Crippen molar-refractivity contribution in [1.82, 2.24) is 19.5 Å². The molecular weight excluding hydrogens is 487 g/mol. The molecule has 39 heavy (non-hydrogen) atoms. The summed E-state index contributed by atoms with van der Waals surface area (Å²) in [6, 6.07) is 12.8. The molecule has 206 valence electrons. The molecule has 0 bridgehead atoms. The topological polar surface area (TPSA) is 68.0 Å². The van der Waals surface area contributed by atoms with Gasteiger partial charge in [0.15, 0.2) is 5.82 Å². The molecule has 1 N–H and O–H groups in total. The molecule has 2 aromatic heterocycles. The Balaban J connectivity index is 0.000000459. The lowest BCUT2D eigenvalue weighted by atomic mass is 9.99. The lowest BCUT2D eigenvalue weighted by Crippen LogP contribution is -2.32. The summed E-state index contributed by atoms with van der Waals surface area (Å²) in [5, 5.41) is 4.84. The zero-order chi connectivity index (χ0) is 28.5. The molecule has 0 saturated heterocycles. The van der Waals surface area contributed by atoms with Crippen molar-refractivity contribution in [3.63, 3.8) is 0 Å². The lowest BCUT2D eigenvalue weighted by Gasteiger charge is -2.11. The van der Waals surface area contributed by atoms with E-state index in [9.17, 15) is 4.39 Å². The third kappa shape index (κ3) is 7.82. The predicted octanol–water partition coefficient (Wildman–Crippen LogP) is 6.03. The van der Waals surface area contributed by atoms with E-state index in [1.54, 1.807) is 12.4 Å². The molecule has 4 rings (SSSR count). The molecule has 0 aliphatic carbocycles. The lowest BCUT2D eigenvalue weighted by molar-refractivity contribution is 0.230. The highest BCUT2D eigenvalue weighted by Gasteiger charge is 2.10. The Bertz CT molecular complexity index is 1530. The molecule has 0 aliphatic rings. The molecule has 0 amide bonds. The first kappa shape index (κ1) is 29.7. The fourth-order valence-electron chi connectivity index (χ4n) is 4.26. The number of hydrogen-bond donors (Lipinski definition) is 1. The van der Waals surface area contributed by atoms with Gasteiger partial charge < -0.3 is 9.88 Å².